The molecule has 0 spiro atoms. The molecule has 0 fully saturated rings. The van der Waals surface area contributed by atoms with Crippen LogP contribution in [0.25, 0.3) is 11.1 Å². The number of hydrogen-bond donors (Lipinski definition) is 2. The Morgan fingerprint density at radius 1 is 1.11 bits per heavy atom. The highest BCUT2D eigenvalue weighted by Gasteiger charge is 2.05. The largest absolute Gasteiger partial charge is 0.480 e. The van der Waals surface area contributed by atoms with Crippen molar-refractivity contribution < 1.29 is 9.90 Å². The molecule has 0 amide bonds. The standard InChI is InChI=1S/C15H15NO2/c1-11-6-8-12(9-7-11)13-4-2-3-5-14(13)16-10-15(17)18/h2-9,16H,10H2,1H3,(H,17,18). The molecule has 2 rings (SSSR count). The highest BCUT2D eigenvalue weighted by atomic mass is 16.4. The van der Waals surface area contributed by atoms with Gasteiger partial charge in [0.25, 0.3) is 0 Å². The molecule has 18 heavy (non-hydrogen) atoms. The van der Waals surface area contributed by atoms with Gasteiger partial charge in [-0.25, -0.2) is 0 Å². The van der Waals surface area contributed by atoms with Gasteiger partial charge in [0.1, 0.15) is 6.54 Å². The zero-order valence-electron chi connectivity index (χ0n) is 10.2. The maximum atomic E-state index is 10.6. The molecule has 3 heteroatoms. The first-order valence-electron chi connectivity index (χ1n) is 5.78. The van der Waals surface area contributed by atoms with Crippen molar-refractivity contribution >= 4 is 11.7 Å². The summed E-state index contributed by atoms with van der Waals surface area (Å²) in [6.45, 7) is 1.96. The van der Waals surface area contributed by atoms with E-state index in [1.54, 1.807) is 0 Å². The van der Waals surface area contributed by atoms with Crippen LogP contribution in [0, 0.1) is 6.92 Å². The Balaban J connectivity index is 2.32. The third kappa shape index (κ3) is 2.88. The van der Waals surface area contributed by atoms with Gasteiger partial charge < -0.3 is 10.4 Å². The van der Waals surface area contributed by atoms with E-state index in [1.807, 2.05) is 55.5 Å². The number of carboxylic acids is 1. The van der Waals surface area contributed by atoms with Gasteiger partial charge in [0.2, 0.25) is 0 Å². The molecule has 0 unspecified atom stereocenters. The summed E-state index contributed by atoms with van der Waals surface area (Å²) in [5, 5.41) is 11.6. The fourth-order valence-electron chi connectivity index (χ4n) is 1.79. The number of carboxylic acid groups (broad SMARTS) is 1. The molecule has 0 aliphatic heterocycles. The van der Waals surface area contributed by atoms with Crippen molar-refractivity contribution in [1.82, 2.24) is 0 Å². The third-order valence-corrected chi connectivity index (χ3v) is 2.72. The number of hydrogen-bond acceptors (Lipinski definition) is 2. The fourth-order valence-corrected chi connectivity index (χ4v) is 1.79. The quantitative estimate of drug-likeness (QED) is 0.864. The number of rotatable bonds is 4. The van der Waals surface area contributed by atoms with Crippen LogP contribution in [0.15, 0.2) is 48.5 Å². The molecule has 0 saturated carbocycles. The highest BCUT2D eigenvalue weighted by molar-refractivity contribution is 5.81. The molecule has 2 aromatic carbocycles. The van der Waals surface area contributed by atoms with E-state index in [0.29, 0.717) is 0 Å². The molecular weight excluding hydrogens is 226 g/mol. The number of benzene rings is 2. The van der Waals surface area contributed by atoms with Gasteiger partial charge >= 0.3 is 5.97 Å². The van der Waals surface area contributed by atoms with Crippen molar-refractivity contribution in [2.45, 2.75) is 6.92 Å². The van der Waals surface area contributed by atoms with Crippen LogP contribution in [0.2, 0.25) is 0 Å². The Morgan fingerprint density at radius 3 is 2.44 bits per heavy atom. The van der Waals surface area contributed by atoms with Crippen molar-refractivity contribution in [3.05, 3.63) is 54.1 Å². The zero-order valence-corrected chi connectivity index (χ0v) is 10.2. The summed E-state index contributed by atoms with van der Waals surface area (Å²) < 4.78 is 0. The molecule has 0 radical (unpaired) electrons. The first-order valence-corrected chi connectivity index (χ1v) is 5.78. The van der Waals surface area contributed by atoms with Crippen molar-refractivity contribution in [3.8, 4) is 11.1 Å². The van der Waals surface area contributed by atoms with E-state index in [0.717, 1.165) is 16.8 Å². The Hall–Kier alpha value is -2.29. The van der Waals surface area contributed by atoms with Crippen LogP contribution >= 0.6 is 0 Å². The van der Waals surface area contributed by atoms with Crippen molar-refractivity contribution in [2.75, 3.05) is 11.9 Å². The van der Waals surface area contributed by atoms with E-state index in [4.69, 9.17) is 5.11 Å². The Morgan fingerprint density at radius 2 is 1.78 bits per heavy atom. The minimum absolute atomic E-state index is 0.0805. The second-order valence-corrected chi connectivity index (χ2v) is 4.16. The van der Waals surface area contributed by atoms with E-state index >= 15 is 0 Å². The lowest BCUT2D eigenvalue weighted by Crippen LogP contribution is -2.12. The van der Waals surface area contributed by atoms with Gasteiger partial charge in [-0.15, -0.1) is 0 Å². The minimum atomic E-state index is -0.867. The summed E-state index contributed by atoms with van der Waals surface area (Å²) in [5.74, 6) is -0.867. The average molecular weight is 241 g/mol. The van der Waals surface area contributed by atoms with Crippen molar-refractivity contribution in [1.29, 1.82) is 0 Å². The molecule has 0 atom stereocenters. The second kappa shape index (κ2) is 5.36. The van der Waals surface area contributed by atoms with E-state index in [1.165, 1.54) is 5.56 Å². The van der Waals surface area contributed by atoms with Gasteiger partial charge in [-0.3, -0.25) is 4.79 Å². The van der Waals surface area contributed by atoms with E-state index in [-0.39, 0.29) is 6.54 Å². The van der Waals surface area contributed by atoms with Crippen LogP contribution in [0.4, 0.5) is 5.69 Å². The van der Waals surface area contributed by atoms with Crippen molar-refractivity contribution in [2.24, 2.45) is 0 Å². The smallest absolute Gasteiger partial charge is 0.322 e. The van der Waals surface area contributed by atoms with Crippen LogP contribution in [0.3, 0.4) is 0 Å². The Labute approximate surface area is 106 Å². The van der Waals surface area contributed by atoms with Crippen LogP contribution in [-0.2, 0) is 4.79 Å². The van der Waals surface area contributed by atoms with Crippen LogP contribution < -0.4 is 5.32 Å². The van der Waals surface area contributed by atoms with E-state index in [9.17, 15) is 4.79 Å². The number of carbonyl (C=O) groups is 1. The molecule has 0 bridgehead atoms. The molecule has 0 aliphatic rings. The summed E-state index contributed by atoms with van der Waals surface area (Å²) in [4.78, 5) is 10.6. The predicted octanol–water partition coefficient (Wildman–Crippen LogP) is 3.16. The average Bonchev–Trinajstić information content (AvgIpc) is 2.38. The molecule has 0 heterocycles. The maximum absolute atomic E-state index is 10.6. The topological polar surface area (TPSA) is 49.3 Å². The van der Waals surface area contributed by atoms with E-state index < -0.39 is 5.97 Å². The number of nitrogens with one attached hydrogen (secondary N) is 1. The fraction of sp³-hybridized carbons (Fsp3) is 0.133. The lowest BCUT2D eigenvalue weighted by atomic mass is 10.0. The lowest BCUT2D eigenvalue weighted by molar-refractivity contribution is -0.134. The monoisotopic (exact) mass is 241 g/mol. The molecule has 92 valence electrons. The molecule has 0 aliphatic carbocycles. The normalized spacial score (nSPS) is 10.1. The summed E-state index contributed by atoms with van der Waals surface area (Å²) in [6, 6.07) is 15.9. The summed E-state index contributed by atoms with van der Waals surface area (Å²) in [5.41, 5.74) is 4.13. The number of aliphatic carboxylic acids is 1. The SMILES string of the molecule is Cc1ccc(-c2ccccc2NCC(=O)O)cc1. The van der Waals surface area contributed by atoms with Crippen LogP contribution in [-0.4, -0.2) is 17.6 Å². The number of aryl methyl sites for hydroxylation is 1. The molecule has 2 aromatic rings. The van der Waals surface area contributed by atoms with Crippen LogP contribution in [0.5, 0.6) is 0 Å². The zero-order chi connectivity index (χ0) is 13.0. The number of para-hydroxylation sites is 1. The maximum Gasteiger partial charge on any atom is 0.322 e. The van der Waals surface area contributed by atoms with Gasteiger partial charge in [0, 0.05) is 11.3 Å². The summed E-state index contributed by atoms with van der Waals surface area (Å²) in [7, 11) is 0. The second-order valence-electron chi connectivity index (χ2n) is 4.16. The first-order chi connectivity index (χ1) is 8.66. The predicted molar refractivity (Wildman–Crippen MR) is 72.7 cm³/mol. The molecule has 2 N–H and O–H groups in total. The molecule has 3 nitrogen and oxygen atoms in total. The lowest BCUT2D eigenvalue weighted by Gasteiger charge is -2.10. The van der Waals surface area contributed by atoms with Gasteiger partial charge in [-0.05, 0) is 18.6 Å². The summed E-state index contributed by atoms with van der Waals surface area (Å²) >= 11 is 0. The third-order valence-electron chi connectivity index (χ3n) is 2.72. The molecule has 0 aromatic heterocycles. The van der Waals surface area contributed by atoms with Crippen LogP contribution in [0.1, 0.15) is 5.56 Å². The van der Waals surface area contributed by atoms with Gasteiger partial charge in [-0.2, -0.15) is 0 Å². The van der Waals surface area contributed by atoms with Gasteiger partial charge in [0.05, 0.1) is 0 Å². The highest BCUT2D eigenvalue weighted by Crippen LogP contribution is 2.27. The molecular formula is C15H15NO2. The summed E-state index contributed by atoms with van der Waals surface area (Å²) in [6.07, 6.45) is 0. The van der Waals surface area contributed by atoms with Crippen molar-refractivity contribution in [3.63, 3.8) is 0 Å². The number of anilines is 1. The Bertz CT molecular complexity index is 547. The minimum Gasteiger partial charge on any atom is -0.480 e. The first kappa shape index (κ1) is 12.2. The Kier molecular flexibility index (Phi) is 3.63. The van der Waals surface area contributed by atoms with Gasteiger partial charge in [-0.1, -0.05) is 48.0 Å². The molecule has 0 saturated heterocycles. The van der Waals surface area contributed by atoms with E-state index in [2.05, 4.69) is 5.32 Å². The van der Waals surface area contributed by atoms with Gasteiger partial charge in [0.15, 0.2) is 0 Å².